The van der Waals surface area contributed by atoms with Crippen LogP contribution < -0.4 is 5.32 Å². The molecule has 0 aliphatic rings. The first-order valence-corrected chi connectivity index (χ1v) is 7.72. The van der Waals surface area contributed by atoms with E-state index in [2.05, 4.69) is 10.3 Å². The number of benzene rings is 2. The van der Waals surface area contributed by atoms with Gasteiger partial charge in [0.1, 0.15) is 0 Å². The molecule has 5 nitrogen and oxygen atoms in total. The van der Waals surface area contributed by atoms with Crippen LogP contribution in [0.4, 0.5) is 0 Å². The van der Waals surface area contributed by atoms with Crippen molar-refractivity contribution in [3.8, 4) is 0 Å². The van der Waals surface area contributed by atoms with E-state index in [-0.39, 0.29) is 5.91 Å². The zero-order valence-corrected chi connectivity index (χ0v) is 13.2. The lowest BCUT2D eigenvalue weighted by Gasteiger charge is -2.23. The fourth-order valence-electron chi connectivity index (χ4n) is 2.71. The van der Waals surface area contributed by atoms with Gasteiger partial charge in [-0.2, -0.15) is 0 Å². The summed E-state index contributed by atoms with van der Waals surface area (Å²) in [5.74, 6) is -2.00. The van der Waals surface area contributed by atoms with Gasteiger partial charge in [0.2, 0.25) is 0 Å². The van der Waals surface area contributed by atoms with Crippen LogP contribution in [0.3, 0.4) is 0 Å². The Bertz CT molecular complexity index is 870. The summed E-state index contributed by atoms with van der Waals surface area (Å²) in [6.45, 7) is 1.59. The molecule has 5 heteroatoms. The quantitative estimate of drug-likeness (QED) is 0.673. The molecule has 3 N–H and O–H groups in total. The second kappa shape index (κ2) is 6.58. The molecule has 0 aliphatic heterocycles. The van der Waals surface area contributed by atoms with Crippen molar-refractivity contribution in [1.82, 2.24) is 10.3 Å². The number of aromatic amines is 1. The average Bonchev–Trinajstić information content (AvgIpc) is 3.07. The first-order chi connectivity index (χ1) is 11.6. The Labute approximate surface area is 139 Å². The van der Waals surface area contributed by atoms with Crippen molar-refractivity contribution in [3.63, 3.8) is 0 Å². The molecule has 0 aliphatic carbocycles. The van der Waals surface area contributed by atoms with Crippen LogP contribution in [0, 0.1) is 5.92 Å². The molecule has 0 saturated heterocycles. The van der Waals surface area contributed by atoms with E-state index in [0.29, 0.717) is 5.56 Å². The second-order valence-electron chi connectivity index (χ2n) is 5.77. The topological polar surface area (TPSA) is 82.2 Å². The number of carboxylic acids is 1. The van der Waals surface area contributed by atoms with E-state index in [9.17, 15) is 14.7 Å². The summed E-state index contributed by atoms with van der Waals surface area (Å²) in [7, 11) is 0. The lowest BCUT2D eigenvalue weighted by Crippen LogP contribution is -2.35. The monoisotopic (exact) mass is 322 g/mol. The average molecular weight is 322 g/mol. The van der Waals surface area contributed by atoms with Gasteiger partial charge in [0.25, 0.3) is 5.91 Å². The predicted octanol–water partition coefficient (Wildman–Crippen LogP) is 3.36. The number of hydrogen-bond donors (Lipinski definition) is 3. The van der Waals surface area contributed by atoms with E-state index in [1.54, 1.807) is 19.1 Å². The molecule has 3 aromatic rings. The van der Waals surface area contributed by atoms with Crippen molar-refractivity contribution in [1.29, 1.82) is 0 Å². The SMILES string of the molecule is C[C@H](C(=O)O)[C@@H](NC(=O)c1ccc2cc[nH]c2c1)c1ccccc1. The van der Waals surface area contributed by atoms with Crippen LogP contribution in [-0.4, -0.2) is 22.0 Å². The third-order valence-electron chi connectivity index (χ3n) is 4.15. The molecule has 1 heterocycles. The summed E-state index contributed by atoms with van der Waals surface area (Å²) in [6, 6.07) is 15.8. The molecule has 1 aromatic heterocycles. The van der Waals surface area contributed by atoms with Gasteiger partial charge in [-0.1, -0.05) is 36.4 Å². The Morgan fingerprint density at radius 1 is 1.08 bits per heavy atom. The minimum atomic E-state index is -0.955. The number of rotatable bonds is 5. The molecule has 0 fully saturated rings. The van der Waals surface area contributed by atoms with E-state index in [1.165, 1.54) is 0 Å². The number of carbonyl (C=O) groups excluding carboxylic acids is 1. The Morgan fingerprint density at radius 2 is 1.83 bits per heavy atom. The fraction of sp³-hybridized carbons (Fsp3) is 0.158. The number of H-pyrrole nitrogens is 1. The van der Waals surface area contributed by atoms with Gasteiger partial charge in [-0.3, -0.25) is 9.59 Å². The maximum atomic E-state index is 12.6. The smallest absolute Gasteiger partial charge is 0.308 e. The minimum absolute atomic E-state index is 0.298. The maximum Gasteiger partial charge on any atom is 0.308 e. The Balaban J connectivity index is 1.88. The lowest BCUT2D eigenvalue weighted by molar-refractivity contribution is -0.142. The summed E-state index contributed by atoms with van der Waals surface area (Å²) < 4.78 is 0. The fourth-order valence-corrected chi connectivity index (χ4v) is 2.71. The number of hydrogen-bond acceptors (Lipinski definition) is 2. The molecule has 2 atom stereocenters. The molecule has 0 bridgehead atoms. The van der Waals surface area contributed by atoms with E-state index in [4.69, 9.17) is 0 Å². The van der Waals surface area contributed by atoms with Crippen LogP contribution in [0.25, 0.3) is 10.9 Å². The van der Waals surface area contributed by atoms with Gasteiger partial charge in [0.05, 0.1) is 12.0 Å². The molecule has 122 valence electrons. The zero-order chi connectivity index (χ0) is 17.1. The number of amides is 1. The van der Waals surface area contributed by atoms with Crippen LogP contribution in [0.5, 0.6) is 0 Å². The predicted molar refractivity (Wildman–Crippen MR) is 91.7 cm³/mol. The number of carboxylic acid groups (broad SMARTS) is 1. The Hall–Kier alpha value is -3.08. The second-order valence-corrected chi connectivity index (χ2v) is 5.77. The summed E-state index contributed by atoms with van der Waals surface area (Å²) in [6.07, 6.45) is 1.81. The van der Waals surface area contributed by atoms with Crippen LogP contribution >= 0.6 is 0 Å². The number of fused-ring (bicyclic) bond motifs is 1. The van der Waals surface area contributed by atoms with E-state index < -0.39 is 17.9 Å². The highest BCUT2D eigenvalue weighted by molar-refractivity contribution is 5.98. The molecule has 0 saturated carbocycles. The number of nitrogens with one attached hydrogen (secondary N) is 2. The van der Waals surface area contributed by atoms with Gasteiger partial charge in [-0.25, -0.2) is 0 Å². The number of aromatic nitrogens is 1. The third-order valence-corrected chi connectivity index (χ3v) is 4.15. The summed E-state index contributed by atoms with van der Waals surface area (Å²) in [4.78, 5) is 27.1. The Morgan fingerprint density at radius 3 is 2.54 bits per heavy atom. The van der Waals surface area contributed by atoms with Gasteiger partial charge >= 0.3 is 5.97 Å². The summed E-state index contributed by atoms with van der Waals surface area (Å²) in [5, 5.41) is 13.2. The van der Waals surface area contributed by atoms with Crippen molar-refractivity contribution in [3.05, 3.63) is 71.9 Å². The first kappa shape index (κ1) is 15.8. The van der Waals surface area contributed by atoms with Crippen LogP contribution in [0.15, 0.2) is 60.8 Å². The molecule has 0 radical (unpaired) electrons. The van der Waals surface area contributed by atoms with E-state index >= 15 is 0 Å². The summed E-state index contributed by atoms with van der Waals surface area (Å²) in [5.41, 5.74) is 2.12. The van der Waals surface area contributed by atoms with Gasteiger partial charge < -0.3 is 15.4 Å². The summed E-state index contributed by atoms with van der Waals surface area (Å²) >= 11 is 0. The van der Waals surface area contributed by atoms with Gasteiger partial charge in [0, 0.05) is 17.3 Å². The van der Waals surface area contributed by atoms with E-state index in [0.717, 1.165) is 16.5 Å². The van der Waals surface area contributed by atoms with Gasteiger partial charge in [-0.05, 0) is 36.1 Å². The highest BCUT2D eigenvalue weighted by atomic mass is 16.4. The molecule has 0 unspecified atom stereocenters. The molecule has 3 rings (SSSR count). The standard InChI is InChI=1S/C19H18N2O3/c1-12(19(23)24)17(14-5-3-2-4-6-14)21-18(22)15-8-7-13-9-10-20-16(13)11-15/h2-12,17,20H,1H3,(H,21,22)(H,23,24)/t12-,17+/m0/s1. The number of aliphatic carboxylic acids is 1. The molecule has 24 heavy (non-hydrogen) atoms. The maximum absolute atomic E-state index is 12.6. The zero-order valence-electron chi connectivity index (χ0n) is 13.2. The largest absolute Gasteiger partial charge is 0.481 e. The van der Waals surface area contributed by atoms with E-state index in [1.807, 2.05) is 48.7 Å². The Kier molecular flexibility index (Phi) is 4.33. The highest BCUT2D eigenvalue weighted by Crippen LogP contribution is 2.23. The van der Waals surface area contributed by atoms with Crippen LogP contribution in [0.2, 0.25) is 0 Å². The van der Waals surface area contributed by atoms with Gasteiger partial charge in [-0.15, -0.1) is 0 Å². The molecular weight excluding hydrogens is 304 g/mol. The third kappa shape index (κ3) is 3.15. The lowest BCUT2D eigenvalue weighted by atomic mass is 9.94. The van der Waals surface area contributed by atoms with Crippen LogP contribution in [0.1, 0.15) is 28.9 Å². The van der Waals surface area contributed by atoms with Crippen LogP contribution in [-0.2, 0) is 4.79 Å². The molecular formula is C19H18N2O3. The van der Waals surface area contributed by atoms with Crippen molar-refractivity contribution >= 4 is 22.8 Å². The van der Waals surface area contributed by atoms with Crippen molar-refractivity contribution in [2.24, 2.45) is 5.92 Å². The normalized spacial score (nSPS) is 13.4. The highest BCUT2D eigenvalue weighted by Gasteiger charge is 2.27. The van der Waals surface area contributed by atoms with Crippen molar-refractivity contribution in [2.75, 3.05) is 0 Å². The minimum Gasteiger partial charge on any atom is -0.481 e. The van der Waals surface area contributed by atoms with Crippen molar-refractivity contribution in [2.45, 2.75) is 13.0 Å². The molecule has 2 aromatic carbocycles. The van der Waals surface area contributed by atoms with Crippen molar-refractivity contribution < 1.29 is 14.7 Å². The number of carbonyl (C=O) groups is 2. The molecule has 0 spiro atoms. The first-order valence-electron chi connectivity index (χ1n) is 7.72. The van der Waals surface area contributed by atoms with Gasteiger partial charge in [0.15, 0.2) is 0 Å². The molecule has 1 amide bonds.